The monoisotopic (exact) mass is 353 g/mol. The van der Waals surface area contributed by atoms with Crippen LogP contribution in [0.1, 0.15) is 59.1 Å². The van der Waals surface area contributed by atoms with Gasteiger partial charge in [0.25, 0.3) is 0 Å². The average Bonchev–Trinajstić information content (AvgIpc) is 3.27. The van der Waals surface area contributed by atoms with Gasteiger partial charge >= 0.3 is 0 Å². The van der Waals surface area contributed by atoms with Crippen molar-refractivity contribution in [3.63, 3.8) is 0 Å². The molecule has 1 nitrogen and oxygen atoms in total. The van der Waals surface area contributed by atoms with Gasteiger partial charge in [-0.1, -0.05) is 67.1 Å². The molecular weight excluding hydrogens is 326 g/mol. The Balaban J connectivity index is 1.67. The summed E-state index contributed by atoms with van der Waals surface area (Å²) in [4.78, 5) is 5.14. The topological polar surface area (TPSA) is 12.4 Å². The summed E-state index contributed by atoms with van der Waals surface area (Å²) in [7, 11) is 0. The van der Waals surface area contributed by atoms with Crippen LogP contribution in [0.15, 0.2) is 47.5 Å². The van der Waals surface area contributed by atoms with E-state index in [1.165, 1.54) is 81.9 Å². The molecule has 1 aliphatic heterocycles. The van der Waals surface area contributed by atoms with Crippen molar-refractivity contribution in [2.45, 2.75) is 52.9 Å². The van der Waals surface area contributed by atoms with Gasteiger partial charge < -0.3 is 0 Å². The van der Waals surface area contributed by atoms with Crippen molar-refractivity contribution in [3.05, 3.63) is 75.8 Å². The van der Waals surface area contributed by atoms with Crippen molar-refractivity contribution < 1.29 is 0 Å². The highest BCUT2D eigenvalue weighted by Crippen LogP contribution is 2.42. The lowest BCUT2D eigenvalue weighted by Gasteiger charge is -2.14. The van der Waals surface area contributed by atoms with Crippen LogP contribution in [-0.4, -0.2) is 5.71 Å². The van der Waals surface area contributed by atoms with Gasteiger partial charge in [-0.3, -0.25) is 0 Å². The minimum Gasteiger partial charge on any atom is -0.247 e. The van der Waals surface area contributed by atoms with Gasteiger partial charge in [-0.25, -0.2) is 4.99 Å². The van der Waals surface area contributed by atoms with Crippen LogP contribution in [0.25, 0.3) is 10.8 Å². The lowest BCUT2D eigenvalue weighted by Crippen LogP contribution is -2.02. The number of rotatable bonds is 3. The number of aliphatic imine (C=N–C) groups is 1. The van der Waals surface area contributed by atoms with Crippen LogP contribution < -0.4 is 0 Å². The third-order valence-corrected chi connectivity index (χ3v) is 6.37. The lowest BCUT2D eigenvalue weighted by molar-refractivity contribution is 0.548. The number of aryl methyl sites for hydroxylation is 3. The molecule has 2 aliphatic rings. The van der Waals surface area contributed by atoms with Gasteiger partial charge in [-0.05, 0) is 61.8 Å². The molecule has 136 valence electrons. The predicted molar refractivity (Wildman–Crippen MR) is 116 cm³/mol. The Labute approximate surface area is 162 Å². The summed E-state index contributed by atoms with van der Waals surface area (Å²) >= 11 is 0. The normalized spacial score (nSPS) is 16.3. The Bertz CT molecular complexity index is 1060. The molecule has 1 heterocycles. The molecule has 0 aromatic heterocycles. The van der Waals surface area contributed by atoms with Crippen molar-refractivity contribution in [3.8, 4) is 0 Å². The minimum absolute atomic E-state index is 0.864. The molecule has 0 amide bonds. The van der Waals surface area contributed by atoms with E-state index in [0.29, 0.717) is 0 Å². The van der Waals surface area contributed by atoms with Crippen molar-refractivity contribution in [2.24, 2.45) is 10.9 Å². The van der Waals surface area contributed by atoms with Crippen LogP contribution in [0.5, 0.6) is 0 Å². The Morgan fingerprint density at radius 1 is 0.926 bits per heavy atom. The zero-order valence-corrected chi connectivity index (χ0v) is 16.6. The first-order chi connectivity index (χ1) is 13.1. The van der Waals surface area contributed by atoms with E-state index in [9.17, 15) is 0 Å². The van der Waals surface area contributed by atoms with Crippen molar-refractivity contribution >= 4 is 22.2 Å². The van der Waals surface area contributed by atoms with Crippen LogP contribution in [0.4, 0.5) is 5.69 Å². The van der Waals surface area contributed by atoms with Crippen molar-refractivity contribution in [2.75, 3.05) is 0 Å². The number of benzene rings is 3. The standard InChI is InChI=1S/C26H27N/c1-16-11-17(2)13-21(12-16)26-23-10-6-9-22-20(15-19-7-4-5-8-19)14-18(3)25(27-26)24(22)23/h6,9-14,19H,4-5,7-8,15H2,1-3H3. The molecule has 1 saturated carbocycles. The SMILES string of the molecule is Cc1cc(C)cc(C2=Nc3c(C)cc(CC4CCCC4)c4cccc2c34)c1. The molecule has 0 spiro atoms. The molecule has 3 aromatic rings. The Morgan fingerprint density at radius 2 is 1.67 bits per heavy atom. The summed E-state index contributed by atoms with van der Waals surface area (Å²) in [6.07, 6.45) is 6.83. The molecular formula is C26H27N. The average molecular weight is 354 g/mol. The van der Waals surface area contributed by atoms with E-state index in [1.807, 2.05) is 0 Å². The summed E-state index contributed by atoms with van der Waals surface area (Å²) < 4.78 is 0. The number of nitrogens with zero attached hydrogens (tertiary/aromatic N) is 1. The molecule has 1 fully saturated rings. The molecule has 0 atom stereocenters. The molecule has 0 radical (unpaired) electrons. The summed E-state index contributed by atoms with van der Waals surface area (Å²) in [5.41, 5.74) is 10.3. The Hall–Kier alpha value is -2.41. The number of hydrogen-bond acceptors (Lipinski definition) is 1. The summed E-state index contributed by atoms with van der Waals surface area (Å²) in [5.74, 6) is 0.864. The van der Waals surface area contributed by atoms with Gasteiger partial charge in [0.1, 0.15) is 0 Å². The third kappa shape index (κ3) is 2.81. The maximum atomic E-state index is 5.14. The maximum absolute atomic E-state index is 5.14. The molecule has 0 saturated heterocycles. The second kappa shape index (κ2) is 6.34. The molecule has 0 N–H and O–H groups in total. The van der Waals surface area contributed by atoms with E-state index in [0.717, 1.165) is 11.6 Å². The summed E-state index contributed by atoms with van der Waals surface area (Å²) in [5, 5.41) is 2.79. The predicted octanol–water partition coefficient (Wildman–Crippen LogP) is 6.98. The quantitative estimate of drug-likeness (QED) is 0.377. The highest BCUT2D eigenvalue weighted by atomic mass is 14.8. The first-order valence-electron chi connectivity index (χ1n) is 10.3. The van der Waals surface area contributed by atoms with Gasteiger partial charge in [-0.15, -0.1) is 0 Å². The van der Waals surface area contributed by atoms with Crippen molar-refractivity contribution in [1.29, 1.82) is 0 Å². The fourth-order valence-corrected chi connectivity index (χ4v) is 5.22. The molecule has 27 heavy (non-hydrogen) atoms. The summed E-state index contributed by atoms with van der Waals surface area (Å²) in [6.45, 7) is 6.58. The van der Waals surface area contributed by atoms with E-state index in [-0.39, 0.29) is 0 Å². The molecule has 0 bridgehead atoms. The van der Waals surface area contributed by atoms with E-state index in [4.69, 9.17) is 4.99 Å². The fraction of sp³-hybridized carbons (Fsp3) is 0.346. The summed E-state index contributed by atoms with van der Waals surface area (Å²) in [6, 6.07) is 16.0. The second-order valence-electron chi connectivity index (χ2n) is 8.62. The first kappa shape index (κ1) is 16.7. The van der Waals surface area contributed by atoms with E-state index >= 15 is 0 Å². The van der Waals surface area contributed by atoms with E-state index in [2.05, 4.69) is 63.2 Å². The maximum Gasteiger partial charge on any atom is 0.0789 e. The van der Waals surface area contributed by atoms with Crippen LogP contribution in [0.3, 0.4) is 0 Å². The highest BCUT2D eigenvalue weighted by molar-refractivity contribution is 6.27. The smallest absolute Gasteiger partial charge is 0.0789 e. The van der Waals surface area contributed by atoms with Gasteiger partial charge in [0.15, 0.2) is 0 Å². The zero-order chi connectivity index (χ0) is 18.5. The molecule has 1 heteroatoms. The van der Waals surface area contributed by atoms with Gasteiger partial charge in [-0.2, -0.15) is 0 Å². The minimum atomic E-state index is 0.864. The van der Waals surface area contributed by atoms with Gasteiger partial charge in [0, 0.05) is 16.5 Å². The second-order valence-corrected chi connectivity index (χ2v) is 8.62. The van der Waals surface area contributed by atoms with Crippen LogP contribution in [0, 0.1) is 26.7 Å². The zero-order valence-electron chi connectivity index (χ0n) is 16.6. The van der Waals surface area contributed by atoms with Crippen molar-refractivity contribution in [1.82, 2.24) is 0 Å². The van der Waals surface area contributed by atoms with Crippen LogP contribution >= 0.6 is 0 Å². The fourth-order valence-electron chi connectivity index (χ4n) is 5.22. The Morgan fingerprint density at radius 3 is 2.41 bits per heavy atom. The third-order valence-electron chi connectivity index (χ3n) is 6.37. The highest BCUT2D eigenvalue weighted by Gasteiger charge is 2.24. The van der Waals surface area contributed by atoms with E-state index in [1.54, 1.807) is 0 Å². The van der Waals surface area contributed by atoms with Crippen LogP contribution in [0.2, 0.25) is 0 Å². The van der Waals surface area contributed by atoms with Gasteiger partial charge in [0.05, 0.1) is 11.4 Å². The molecule has 3 aromatic carbocycles. The first-order valence-corrected chi connectivity index (χ1v) is 10.3. The Kier molecular flexibility index (Phi) is 3.93. The molecule has 5 rings (SSSR count). The lowest BCUT2D eigenvalue weighted by atomic mass is 9.89. The van der Waals surface area contributed by atoms with Crippen LogP contribution in [-0.2, 0) is 6.42 Å². The van der Waals surface area contributed by atoms with E-state index < -0.39 is 0 Å². The molecule has 1 aliphatic carbocycles. The largest absolute Gasteiger partial charge is 0.247 e. The van der Waals surface area contributed by atoms with Gasteiger partial charge in [0.2, 0.25) is 0 Å². The number of hydrogen-bond donors (Lipinski definition) is 0. The molecule has 0 unspecified atom stereocenters.